The maximum absolute atomic E-state index is 13.6. The molecular formula is C25H32N4O3S2. The Hall–Kier alpha value is -2.23. The Labute approximate surface area is 210 Å². The number of ether oxygens (including phenoxy) is 1. The standard InChI is InChI=1S/C25H32N4O3S2/c1-3-4-5-6-7-8-11-29-24(31)20(34-25(29)33)17-19-22(27-13-15-32-16-14-27)26-21-18(2)10-9-12-28(21)23(19)30/h9-10,12,17H,3-8,11,13-16H2,1-2H3/b20-17+. The van der Waals surface area contributed by atoms with Crippen LogP contribution >= 0.6 is 24.0 Å². The van der Waals surface area contributed by atoms with E-state index in [0.717, 1.165) is 18.4 Å². The molecule has 182 valence electrons. The zero-order chi connectivity index (χ0) is 24.1. The molecule has 0 unspecified atom stereocenters. The summed E-state index contributed by atoms with van der Waals surface area (Å²) < 4.78 is 7.61. The number of aryl methyl sites for hydroxylation is 1. The number of rotatable bonds is 9. The Balaban J connectivity index is 1.63. The van der Waals surface area contributed by atoms with E-state index in [-0.39, 0.29) is 11.5 Å². The van der Waals surface area contributed by atoms with E-state index in [1.165, 1.54) is 37.4 Å². The molecule has 2 fully saturated rings. The highest BCUT2D eigenvalue weighted by molar-refractivity contribution is 8.26. The van der Waals surface area contributed by atoms with Gasteiger partial charge in [0.25, 0.3) is 11.5 Å². The average molecular weight is 501 g/mol. The summed E-state index contributed by atoms with van der Waals surface area (Å²) in [6.07, 6.45) is 10.3. The van der Waals surface area contributed by atoms with Crippen LogP contribution in [0, 0.1) is 6.92 Å². The third-order valence-electron chi connectivity index (χ3n) is 6.26. The maximum Gasteiger partial charge on any atom is 0.267 e. The molecule has 0 saturated carbocycles. The number of carbonyl (C=O) groups is 1. The molecule has 4 heterocycles. The third kappa shape index (κ3) is 5.37. The molecule has 4 rings (SSSR count). The average Bonchev–Trinajstić information content (AvgIpc) is 3.11. The number of fused-ring (bicyclic) bond motifs is 1. The summed E-state index contributed by atoms with van der Waals surface area (Å²) >= 11 is 6.79. The summed E-state index contributed by atoms with van der Waals surface area (Å²) in [4.78, 5) is 35.8. The van der Waals surface area contributed by atoms with Gasteiger partial charge in [-0.1, -0.05) is 69.1 Å². The summed E-state index contributed by atoms with van der Waals surface area (Å²) in [5, 5.41) is 0. The Morgan fingerprint density at radius 2 is 1.88 bits per heavy atom. The number of carbonyl (C=O) groups excluding carboxylic acids is 1. The second-order valence-corrected chi connectivity index (χ2v) is 10.4. The first-order chi connectivity index (χ1) is 16.5. The molecule has 34 heavy (non-hydrogen) atoms. The molecule has 0 spiro atoms. The van der Waals surface area contributed by atoms with Gasteiger partial charge in [0.1, 0.15) is 15.8 Å². The van der Waals surface area contributed by atoms with Gasteiger partial charge in [-0.3, -0.25) is 18.9 Å². The second-order valence-electron chi connectivity index (χ2n) is 8.74. The smallest absolute Gasteiger partial charge is 0.267 e. The van der Waals surface area contributed by atoms with Crippen molar-refractivity contribution < 1.29 is 9.53 Å². The topological polar surface area (TPSA) is 67.2 Å². The van der Waals surface area contributed by atoms with Crippen molar-refractivity contribution >= 4 is 51.7 Å². The Kier molecular flexibility index (Phi) is 8.39. The molecule has 0 bridgehead atoms. The lowest BCUT2D eigenvalue weighted by atomic mass is 10.1. The number of hydrogen-bond donors (Lipinski definition) is 0. The van der Waals surface area contributed by atoms with E-state index >= 15 is 0 Å². The lowest BCUT2D eigenvalue weighted by Gasteiger charge is -2.29. The van der Waals surface area contributed by atoms with Crippen molar-refractivity contribution in [1.82, 2.24) is 14.3 Å². The van der Waals surface area contributed by atoms with Crippen LogP contribution in [0.15, 0.2) is 28.0 Å². The number of anilines is 1. The zero-order valence-corrected chi connectivity index (χ0v) is 21.6. The number of unbranched alkanes of at least 4 members (excludes halogenated alkanes) is 5. The number of morpholine rings is 1. The van der Waals surface area contributed by atoms with Crippen molar-refractivity contribution in [2.75, 3.05) is 37.7 Å². The first-order valence-electron chi connectivity index (χ1n) is 12.1. The molecule has 9 heteroatoms. The minimum Gasteiger partial charge on any atom is -0.378 e. The second kappa shape index (κ2) is 11.5. The summed E-state index contributed by atoms with van der Waals surface area (Å²) in [6, 6.07) is 3.78. The molecule has 2 saturated heterocycles. The molecule has 0 atom stereocenters. The molecule has 2 aromatic heterocycles. The van der Waals surface area contributed by atoms with Crippen molar-refractivity contribution in [2.24, 2.45) is 0 Å². The lowest BCUT2D eigenvalue weighted by molar-refractivity contribution is -0.122. The molecule has 7 nitrogen and oxygen atoms in total. The van der Waals surface area contributed by atoms with Crippen molar-refractivity contribution in [3.05, 3.63) is 44.7 Å². The van der Waals surface area contributed by atoms with Crippen LogP contribution in [0.3, 0.4) is 0 Å². The number of amides is 1. The summed E-state index contributed by atoms with van der Waals surface area (Å²) in [6.45, 7) is 7.22. The molecule has 2 aliphatic heterocycles. The fraction of sp³-hybridized carbons (Fsp3) is 0.520. The fourth-order valence-electron chi connectivity index (χ4n) is 4.32. The van der Waals surface area contributed by atoms with Gasteiger partial charge in [0.15, 0.2) is 0 Å². The van der Waals surface area contributed by atoms with Crippen LogP contribution in [0.4, 0.5) is 5.82 Å². The minimum absolute atomic E-state index is 0.120. The van der Waals surface area contributed by atoms with Crippen LogP contribution in [0.1, 0.15) is 56.6 Å². The van der Waals surface area contributed by atoms with Gasteiger partial charge in [-0.05, 0) is 31.1 Å². The molecule has 1 amide bonds. The highest BCUT2D eigenvalue weighted by atomic mass is 32.2. The van der Waals surface area contributed by atoms with Crippen LogP contribution in [-0.4, -0.2) is 57.4 Å². The van der Waals surface area contributed by atoms with Gasteiger partial charge in [-0.25, -0.2) is 4.98 Å². The molecular weight excluding hydrogens is 468 g/mol. The molecule has 0 aliphatic carbocycles. The number of aromatic nitrogens is 2. The number of thiocarbonyl (C=S) groups is 1. The van der Waals surface area contributed by atoms with Crippen LogP contribution < -0.4 is 10.5 Å². The van der Waals surface area contributed by atoms with Crippen LogP contribution in [0.2, 0.25) is 0 Å². The summed E-state index contributed by atoms with van der Waals surface area (Å²) in [5.41, 5.74) is 1.79. The Morgan fingerprint density at radius 1 is 1.15 bits per heavy atom. The van der Waals surface area contributed by atoms with Gasteiger partial charge in [-0.2, -0.15) is 0 Å². The largest absolute Gasteiger partial charge is 0.378 e. The van der Waals surface area contributed by atoms with Gasteiger partial charge < -0.3 is 9.64 Å². The summed E-state index contributed by atoms with van der Waals surface area (Å²) in [5.74, 6) is 0.481. The van der Waals surface area contributed by atoms with E-state index in [4.69, 9.17) is 21.9 Å². The van der Waals surface area contributed by atoms with Crippen LogP contribution in [-0.2, 0) is 9.53 Å². The van der Waals surface area contributed by atoms with E-state index in [9.17, 15) is 9.59 Å². The monoisotopic (exact) mass is 500 g/mol. The summed E-state index contributed by atoms with van der Waals surface area (Å²) in [7, 11) is 0. The lowest BCUT2D eigenvalue weighted by Crippen LogP contribution is -2.38. The van der Waals surface area contributed by atoms with E-state index in [1.54, 1.807) is 21.6 Å². The van der Waals surface area contributed by atoms with Crippen molar-refractivity contribution in [3.63, 3.8) is 0 Å². The Bertz CT molecular complexity index is 1150. The van der Waals surface area contributed by atoms with Gasteiger partial charge in [0.2, 0.25) is 0 Å². The predicted molar refractivity (Wildman–Crippen MR) is 142 cm³/mol. The van der Waals surface area contributed by atoms with Gasteiger partial charge in [-0.15, -0.1) is 0 Å². The van der Waals surface area contributed by atoms with E-state index in [2.05, 4.69) is 11.8 Å². The number of nitrogens with zero attached hydrogens (tertiary/aromatic N) is 4. The first kappa shape index (κ1) is 24.9. The number of pyridine rings is 1. The Morgan fingerprint density at radius 3 is 2.65 bits per heavy atom. The normalized spacial score (nSPS) is 18.0. The number of hydrogen-bond acceptors (Lipinski definition) is 7. The molecule has 0 N–H and O–H groups in total. The predicted octanol–water partition coefficient (Wildman–Crippen LogP) is 4.40. The van der Waals surface area contributed by atoms with Crippen molar-refractivity contribution in [2.45, 2.75) is 52.4 Å². The zero-order valence-electron chi connectivity index (χ0n) is 19.9. The maximum atomic E-state index is 13.6. The van der Waals surface area contributed by atoms with E-state index in [0.29, 0.717) is 59.1 Å². The third-order valence-corrected chi connectivity index (χ3v) is 7.64. The fourth-order valence-corrected chi connectivity index (χ4v) is 5.61. The van der Waals surface area contributed by atoms with Gasteiger partial charge in [0, 0.05) is 25.8 Å². The highest BCUT2D eigenvalue weighted by Gasteiger charge is 2.32. The quantitative estimate of drug-likeness (QED) is 0.287. The van der Waals surface area contributed by atoms with Crippen LogP contribution in [0.25, 0.3) is 11.7 Å². The minimum atomic E-state index is -0.184. The van der Waals surface area contributed by atoms with E-state index < -0.39 is 0 Å². The molecule has 2 aromatic rings. The van der Waals surface area contributed by atoms with Crippen molar-refractivity contribution in [1.29, 1.82) is 0 Å². The van der Waals surface area contributed by atoms with Crippen LogP contribution in [0.5, 0.6) is 0 Å². The van der Waals surface area contributed by atoms with E-state index in [1.807, 2.05) is 19.1 Å². The molecule has 0 radical (unpaired) electrons. The molecule has 0 aromatic carbocycles. The highest BCUT2D eigenvalue weighted by Crippen LogP contribution is 2.34. The first-order valence-corrected chi connectivity index (χ1v) is 13.3. The molecule has 2 aliphatic rings. The SMILES string of the molecule is CCCCCCCCN1C(=O)/C(=C\c2c(N3CCOCC3)nc3c(C)cccn3c2=O)SC1=S. The van der Waals surface area contributed by atoms with Crippen molar-refractivity contribution in [3.8, 4) is 0 Å². The van der Waals surface area contributed by atoms with Gasteiger partial charge in [0.05, 0.1) is 23.7 Å². The van der Waals surface area contributed by atoms with Gasteiger partial charge >= 0.3 is 0 Å². The number of thioether (sulfide) groups is 1.